The van der Waals surface area contributed by atoms with Crippen molar-refractivity contribution in [3.63, 3.8) is 0 Å². The maximum Gasteiger partial charge on any atom is 0.230 e. The van der Waals surface area contributed by atoms with Gasteiger partial charge in [0.25, 0.3) is 0 Å². The normalized spacial score (nSPS) is 17.1. The van der Waals surface area contributed by atoms with Crippen LogP contribution in [-0.4, -0.2) is 49.2 Å². The van der Waals surface area contributed by atoms with Gasteiger partial charge in [0.05, 0.1) is 12.5 Å². The number of para-hydroxylation sites is 1. The van der Waals surface area contributed by atoms with Gasteiger partial charge in [-0.3, -0.25) is 4.79 Å². The predicted octanol–water partition coefficient (Wildman–Crippen LogP) is 2.65. The molecule has 1 aromatic heterocycles. The zero-order chi connectivity index (χ0) is 20.3. The van der Waals surface area contributed by atoms with Crippen LogP contribution in [0.25, 0.3) is 0 Å². The Kier molecular flexibility index (Phi) is 5.56. The molecule has 0 spiro atoms. The fourth-order valence-electron chi connectivity index (χ4n) is 4.04. The second kappa shape index (κ2) is 8.27. The molecule has 7 nitrogen and oxygen atoms in total. The molecule has 1 aliphatic heterocycles. The maximum atomic E-state index is 12.9. The molecule has 29 heavy (non-hydrogen) atoms. The zero-order valence-corrected chi connectivity index (χ0v) is 17.2. The van der Waals surface area contributed by atoms with Gasteiger partial charge < -0.3 is 20.3 Å². The average molecular weight is 396 g/mol. The maximum absolute atomic E-state index is 12.9. The van der Waals surface area contributed by atoms with E-state index in [4.69, 9.17) is 4.74 Å². The van der Waals surface area contributed by atoms with Crippen molar-refractivity contribution in [2.75, 3.05) is 43.5 Å². The number of rotatable bonds is 8. The van der Waals surface area contributed by atoms with Gasteiger partial charge in [-0.2, -0.15) is 4.98 Å². The molecule has 7 heteroatoms. The topological polar surface area (TPSA) is 79.4 Å². The largest absolute Gasteiger partial charge is 0.496 e. The quantitative estimate of drug-likeness (QED) is 0.669. The van der Waals surface area contributed by atoms with Crippen LogP contribution in [0.5, 0.6) is 5.75 Å². The lowest BCUT2D eigenvalue weighted by molar-refractivity contribution is -0.123. The van der Waals surface area contributed by atoms with Gasteiger partial charge in [-0.15, -0.1) is 0 Å². The molecule has 2 aromatic rings. The molecule has 1 saturated carbocycles. The highest BCUT2D eigenvalue weighted by Gasteiger charge is 2.52. The molecule has 0 unspecified atom stereocenters. The lowest BCUT2D eigenvalue weighted by atomic mass is 9.94. The number of benzene rings is 1. The van der Waals surface area contributed by atoms with Crippen molar-refractivity contribution < 1.29 is 9.53 Å². The van der Waals surface area contributed by atoms with Gasteiger partial charge in [0.1, 0.15) is 11.6 Å². The number of aromatic nitrogens is 2. The first kappa shape index (κ1) is 19.5. The molecule has 0 bridgehead atoms. The lowest BCUT2D eigenvalue weighted by Gasteiger charge is -2.19. The molecule has 0 radical (unpaired) electrons. The Bertz CT molecular complexity index is 875. The molecule has 2 N–H and O–H groups in total. The molecular weight excluding hydrogens is 366 g/mol. The van der Waals surface area contributed by atoms with Crippen molar-refractivity contribution in [3.05, 3.63) is 41.6 Å². The summed E-state index contributed by atoms with van der Waals surface area (Å²) in [5.74, 6) is 2.44. The van der Waals surface area contributed by atoms with Gasteiger partial charge in [0.2, 0.25) is 11.9 Å². The number of methoxy groups -OCH3 is 1. The number of hydrogen-bond donors (Lipinski definition) is 2. The molecule has 1 aromatic carbocycles. The van der Waals surface area contributed by atoms with Gasteiger partial charge in [-0.1, -0.05) is 18.2 Å². The van der Waals surface area contributed by atoms with Crippen LogP contribution in [0.4, 0.5) is 11.8 Å². The van der Waals surface area contributed by atoms with Crippen LogP contribution in [0.3, 0.4) is 0 Å². The molecule has 154 valence electrons. The first-order valence-electron chi connectivity index (χ1n) is 10.4. The van der Waals surface area contributed by atoms with Crippen molar-refractivity contribution in [1.82, 2.24) is 15.3 Å². The number of aryl methyl sites for hydroxylation is 1. The summed E-state index contributed by atoms with van der Waals surface area (Å²) in [7, 11) is 1.65. The van der Waals surface area contributed by atoms with E-state index in [1.807, 2.05) is 37.3 Å². The Balaban J connectivity index is 1.32. The average Bonchev–Trinajstić information content (AvgIpc) is 3.36. The van der Waals surface area contributed by atoms with E-state index in [1.165, 1.54) is 12.8 Å². The Labute approximate surface area is 171 Å². The van der Waals surface area contributed by atoms with E-state index in [0.29, 0.717) is 19.0 Å². The molecule has 1 amide bonds. The number of carbonyl (C=O) groups excluding carboxylic acids is 1. The SMILES string of the molecule is COc1ccccc1C1(C(=O)NCCNc2nc(C)cc(N3CCCC3)n2)CC1. The molecule has 0 atom stereocenters. The number of anilines is 2. The fraction of sp³-hybridized carbons (Fsp3) is 0.500. The molecular formula is C22H29N5O2. The first-order chi connectivity index (χ1) is 14.1. The van der Waals surface area contributed by atoms with Gasteiger partial charge >= 0.3 is 0 Å². The van der Waals surface area contributed by atoms with E-state index in [9.17, 15) is 4.79 Å². The summed E-state index contributed by atoms with van der Waals surface area (Å²) in [5, 5.41) is 6.32. The highest BCUT2D eigenvalue weighted by molar-refractivity contribution is 5.92. The molecule has 2 fully saturated rings. The molecule has 2 heterocycles. The fourth-order valence-corrected chi connectivity index (χ4v) is 4.04. The van der Waals surface area contributed by atoms with E-state index in [2.05, 4.69) is 25.5 Å². The Morgan fingerprint density at radius 2 is 1.93 bits per heavy atom. The van der Waals surface area contributed by atoms with E-state index in [-0.39, 0.29) is 5.91 Å². The minimum Gasteiger partial charge on any atom is -0.496 e. The number of carbonyl (C=O) groups is 1. The van der Waals surface area contributed by atoms with Gasteiger partial charge in [0.15, 0.2) is 0 Å². The van der Waals surface area contributed by atoms with Crippen LogP contribution in [0.1, 0.15) is 36.9 Å². The molecule has 4 rings (SSSR count). The van der Waals surface area contributed by atoms with Crippen LogP contribution in [-0.2, 0) is 10.2 Å². The van der Waals surface area contributed by atoms with Crippen molar-refractivity contribution in [1.29, 1.82) is 0 Å². The highest BCUT2D eigenvalue weighted by atomic mass is 16.5. The summed E-state index contributed by atoms with van der Waals surface area (Å²) in [4.78, 5) is 24.3. The van der Waals surface area contributed by atoms with E-state index in [0.717, 1.165) is 48.8 Å². The van der Waals surface area contributed by atoms with Crippen LogP contribution in [0, 0.1) is 6.92 Å². The van der Waals surface area contributed by atoms with Crippen molar-refractivity contribution in [2.24, 2.45) is 0 Å². The highest BCUT2D eigenvalue weighted by Crippen LogP contribution is 2.51. The van der Waals surface area contributed by atoms with Gasteiger partial charge in [-0.25, -0.2) is 4.98 Å². The summed E-state index contributed by atoms with van der Waals surface area (Å²) >= 11 is 0. The van der Waals surface area contributed by atoms with Crippen LogP contribution in [0.15, 0.2) is 30.3 Å². The summed E-state index contributed by atoms with van der Waals surface area (Å²) in [6.45, 7) is 5.19. The summed E-state index contributed by atoms with van der Waals surface area (Å²) in [6.07, 6.45) is 4.14. The number of ether oxygens (including phenoxy) is 1. The van der Waals surface area contributed by atoms with Gasteiger partial charge in [-0.05, 0) is 38.7 Å². The Hall–Kier alpha value is -2.83. The molecule has 1 saturated heterocycles. The minimum absolute atomic E-state index is 0.0618. The smallest absolute Gasteiger partial charge is 0.230 e. The van der Waals surface area contributed by atoms with Crippen LogP contribution in [0.2, 0.25) is 0 Å². The third-order valence-corrected chi connectivity index (χ3v) is 5.77. The molecule has 1 aliphatic carbocycles. The van der Waals surface area contributed by atoms with Crippen molar-refractivity contribution in [2.45, 2.75) is 38.0 Å². The lowest BCUT2D eigenvalue weighted by Crippen LogP contribution is -2.37. The summed E-state index contributed by atoms with van der Waals surface area (Å²) in [5.41, 5.74) is 1.47. The summed E-state index contributed by atoms with van der Waals surface area (Å²) < 4.78 is 5.46. The number of nitrogens with one attached hydrogen (secondary N) is 2. The third kappa shape index (κ3) is 4.13. The van der Waals surface area contributed by atoms with E-state index >= 15 is 0 Å². The standard InChI is InChI=1S/C22H29N5O2/c1-16-15-19(27-13-5-6-14-27)26-21(25-16)24-12-11-23-20(28)22(9-10-22)17-7-3-4-8-18(17)29-2/h3-4,7-8,15H,5-6,9-14H2,1-2H3,(H,23,28)(H,24,25,26). The minimum atomic E-state index is -0.449. The first-order valence-corrected chi connectivity index (χ1v) is 10.4. The Morgan fingerprint density at radius 3 is 2.66 bits per heavy atom. The van der Waals surface area contributed by atoms with Crippen LogP contribution < -0.4 is 20.3 Å². The van der Waals surface area contributed by atoms with Crippen molar-refractivity contribution >= 4 is 17.7 Å². The number of hydrogen-bond acceptors (Lipinski definition) is 6. The van der Waals surface area contributed by atoms with Crippen LogP contribution >= 0.6 is 0 Å². The van der Waals surface area contributed by atoms with E-state index < -0.39 is 5.41 Å². The van der Waals surface area contributed by atoms with Gasteiger partial charge in [0, 0.05) is 43.5 Å². The van der Waals surface area contributed by atoms with E-state index in [1.54, 1.807) is 7.11 Å². The predicted molar refractivity (Wildman–Crippen MR) is 114 cm³/mol. The number of nitrogens with zero attached hydrogens (tertiary/aromatic N) is 3. The molecule has 2 aliphatic rings. The monoisotopic (exact) mass is 395 g/mol. The zero-order valence-electron chi connectivity index (χ0n) is 17.2. The second-order valence-electron chi connectivity index (χ2n) is 7.85. The number of amides is 1. The second-order valence-corrected chi connectivity index (χ2v) is 7.85. The third-order valence-electron chi connectivity index (χ3n) is 5.77. The summed E-state index contributed by atoms with van der Waals surface area (Å²) in [6, 6.07) is 9.82. The van der Waals surface area contributed by atoms with Crippen molar-refractivity contribution in [3.8, 4) is 5.75 Å². The Morgan fingerprint density at radius 1 is 1.17 bits per heavy atom.